The first-order chi connectivity index (χ1) is 7.79. The van der Waals surface area contributed by atoms with Crippen LogP contribution in [0.25, 0.3) is 11.3 Å². The Labute approximate surface area is 91.4 Å². The second-order valence-corrected chi connectivity index (χ2v) is 3.05. The molecule has 1 heterocycles. The number of nitrogens with one attached hydrogen (secondary N) is 1. The van der Waals surface area contributed by atoms with E-state index in [0.717, 1.165) is 0 Å². The molecule has 0 aliphatic rings. The molecule has 2 aromatic rings. The van der Waals surface area contributed by atoms with Crippen LogP contribution in [-0.2, 0) is 0 Å². The van der Waals surface area contributed by atoms with Crippen molar-refractivity contribution >= 4 is 5.82 Å². The molecule has 2 rings (SSSR count). The van der Waals surface area contributed by atoms with Crippen molar-refractivity contribution in [3.8, 4) is 17.5 Å². The zero-order valence-electron chi connectivity index (χ0n) is 8.18. The summed E-state index contributed by atoms with van der Waals surface area (Å²) in [5, 5.41) is 18.4. The third-order valence-corrected chi connectivity index (χ3v) is 1.97. The molecule has 1 N–H and O–H groups in total. The average molecular weight is 214 g/mol. The molecule has 0 saturated carbocycles. The lowest BCUT2D eigenvalue weighted by atomic mass is 10.1. The Balaban J connectivity index is 2.32. The molecule has 0 aliphatic heterocycles. The van der Waals surface area contributed by atoms with E-state index in [0.29, 0.717) is 17.1 Å². The summed E-state index contributed by atoms with van der Waals surface area (Å²) < 4.78 is 12.9. The first kappa shape index (κ1) is 10.1. The van der Waals surface area contributed by atoms with Gasteiger partial charge in [0, 0.05) is 5.56 Å². The highest BCUT2D eigenvalue weighted by Gasteiger charge is 2.01. The zero-order valence-corrected chi connectivity index (χ0v) is 8.18. The van der Waals surface area contributed by atoms with Crippen molar-refractivity contribution in [1.29, 1.82) is 5.26 Å². The van der Waals surface area contributed by atoms with Crippen LogP contribution in [0.2, 0.25) is 0 Å². The highest BCUT2D eigenvalue weighted by atomic mass is 19.1. The van der Waals surface area contributed by atoms with E-state index in [1.807, 2.05) is 0 Å². The molecule has 4 nitrogen and oxygen atoms in total. The minimum atomic E-state index is -0.321. The Kier molecular flexibility index (Phi) is 2.74. The molecular formula is C11H7FN4. The van der Waals surface area contributed by atoms with Crippen LogP contribution in [0.3, 0.4) is 0 Å². The summed E-state index contributed by atoms with van der Waals surface area (Å²) in [6, 6.07) is 9.36. The summed E-state index contributed by atoms with van der Waals surface area (Å²) in [5.74, 6) is 0.0428. The van der Waals surface area contributed by atoms with Crippen LogP contribution < -0.4 is 5.32 Å². The predicted molar refractivity (Wildman–Crippen MR) is 56.7 cm³/mol. The molecule has 0 bridgehead atoms. The molecule has 1 aromatic carbocycles. The second-order valence-electron chi connectivity index (χ2n) is 3.05. The number of benzene rings is 1. The third-order valence-electron chi connectivity index (χ3n) is 1.97. The van der Waals surface area contributed by atoms with Gasteiger partial charge in [0.25, 0.3) is 0 Å². The van der Waals surface area contributed by atoms with Gasteiger partial charge in [-0.2, -0.15) is 5.26 Å². The minimum absolute atomic E-state index is 0.321. The van der Waals surface area contributed by atoms with E-state index >= 15 is 0 Å². The quantitative estimate of drug-likeness (QED) is 0.614. The van der Waals surface area contributed by atoms with Gasteiger partial charge >= 0.3 is 0 Å². The molecule has 1 aromatic heterocycles. The van der Waals surface area contributed by atoms with E-state index in [1.54, 1.807) is 30.5 Å². The number of nitrogens with zero attached hydrogens (tertiary/aromatic N) is 3. The van der Waals surface area contributed by atoms with E-state index in [1.165, 1.54) is 12.1 Å². The molecule has 0 spiro atoms. The molecule has 0 aliphatic carbocycles. The Morgan fingerprint density at radius 1 is 1.19 bits per heavy atom. The van der Waals surface area contributed by atoms with E-state index in [9.17, 15) is 4.39 Å². The van der Waals surface area contributed by atoms with Gasteiger partial charge in [-0.05, 0) is 24.3 Å². The highest BCUT2D eigenvalue weighted by Crippen LogP contribution is 2.17. The van der Waals surface area contributed by atoms with Crippen LogP contribution in [0.4, 0.5) is 10.2 Å². The molecule has 0 atom stereocenters. The molecule has 16 heavy (non-hydrogen) atoms. The average Bonchev–Trinajstić information content (AvgIpc) is 2.30. The minimum Gasteiger partial charge on any atom is -0.275 e. The van der Waals surface area contributed by atoms with Crippen molar-refractivity contribution in [2.75, 3.05) is 5.32 Å². The van der Waals surface area contributed by atoms with Crippen molar-refractivity contribution < 1.29 is 4.39 Å². The topological polar surface area (TPSA) is 61.6 Å². The lowest BCUT2D eigenvalue weighted by Gasteiger charge is -2.00. The van der Waals surface area contributed by atoms with E-state index in [2.05, 4.69) is 15.5 Å². The van der Waals surface area contributed by atoms with Crippen molar-refractivity contribution in [1.82, 2.24) is 10.2 Å². The van der Waals surface area contributed by atoms with Gasteiger partial charge in [0.1, 0.15) is 5.82 Å². The maximum atomic E-state index is 12.9. The fraction of sp³-hybridized carbons (Fsp3) is 0. The smallest absolute Gasteiger partial charge is 0.182 e. The van der Waals surface area contributed by atoms with Crippen molar-refractivity contribution in [3.63, 3.8) is 0 Å². The van der Waals surface area contributed by atoms with Gasteiger partial charge in [0.05, 0.1) is 5.69 Å². The molecule has 0 amide bonds. The normalized spacial score (nSPS) is 9.50. The van der Waals surface area contributed by atoms with E-state index in [-0.39, 0.29) is 5.82 Å². The number of aromatic nitrogens is 2. The third kappa shape index (κ3) is 2.12. The zero-order chi connectivity index (χ0) is 11.4. The molecular weight excluding hydrogens is 207 g/mol. The van der Waals surface area contributed by atoms with Gasteiger partial charge < -0.3 is 0 Å². The number of anilines is 1. The standard InChI is InChI=1S/C11H7FN4/c12-9-3-1-2-8(6-9)10-4-5-11(14-7-13)16-15-10/h1-6H,(H,14,16). The summed E-state index contributed by atoms with van der Waals surface area (Å²) in [6.07, 6.45) is 1.74. The fourth-order valence-corrected chi connectivity index (χ4v) is 1.26. The van der Waals surface area contributed by atoms with Crippen LogP contribution in [-0.4, -0.2) is 10.2 Å². The van der Waals surface area contributed by atoms with Gasteiger partial charge in [0.2, 0.25) is 0 Å². The predicted octanol–water partition coefficient (Wildman–Crippen LogP) is 2.18. The SMILES string of the molecule is N#CNc1ccc(-c2cccc(F)c2)nn1. The number of rotatable bonds is 2. The Bertz CT molecular complexity index is 530. The van der Waals surface area contributed by atoms with Gasteiger partial charge in [-0.3, -0.25) is 5.32 Å². The molecule has 5 heteroatoms. The molecule has 78 valence electrons. The first-order valence-electron chi connectivity index (χ1n) is 4.54. The van der Waals surface area contributed by atoms with Crippen LogP contribution in [0.15, 0.2) is 36.4 Å². The molecule has 0 fully saturated rings. The van der Waals surface area contributed by atoms with E-state index in [4.69, 9.17) is 5.26 Å². The van der Waals surface area contributed by atoms with Crippen LogP contribution in [0.5, 0.6) is 0 Å². The van der Waals surface area contributed by atoms with Crippen molar-refractivity contribution in [3.05, 3.63) is 42.2 Å². The Hall–Kier alpha value is -2.48. The summed E-state index contributed by atoms with van der Waals surface area (Å²) in [5.41, 5.74) is 1.21. The number of hydrogen-bond donors (Lipinski definition) is 1. The lowest BCUT2D eigenvalue weighted by Crippen LogP contribution is -1.94. The highest BCUT2D eigenvalue weighted by molar-refractivity contribution is 5.59. The Morgan fingerprint density at radius 3 is 2.69 bits per heavy atom. The maximum absolute atomic E-state index is 12.9. The fourth-order valence-electron chi connectivity index (χ4n) is 1.26. The summed E-state index contributed by atoms with van der Waals surface area (Å²) >= 11 is 0. The monoisotopic (exact) mass is 214 g/mol. The lowest BCUT2D eigenvalue weighted by molar-refractivity contribution is 0.628. The van der Waals surface area contributed by atoms with Gasteiger partial charge in [-0.15, -0.1) is 10.2 Å². The van der Waals surface area contributed by atoms with Gasteiger partial charge in [-0.25, -0.2) is 4.39 Å². The van der Waals surface area contributed by atoms with E-state index < -0.39 is 0 Å². The molecule has 0 unspecified atom stereocenters. The number of nitriles is 1. The first-order valence-corrected chi connectivity index (χ1v) is 4.54. The summed E-state index contributed by atoms with van der Waals surface area (Å²) in [6.45, 7) is 0. The number of hydrogen-bond acceptors (Lipinski definition) is 4. The second kappa shape index (κ2) is 4.36. The largest absolute Gasteiger partial charge is 0.275 e. The Morgan fingerprint density at radius 2 is 2.06 bits per heavy atom. The summed E-state index contributed by atoms with van der Waals surface area (Å²) in [4.78, 5) is 0. The maximum Gasteiger partial charge on any atom is 0.182 e. The summed E-state index contributed by atoms with van der Waals surface area (Å²) in [7, 11) is 0. The van der Waals surface area contributed by atoms with Gasteiger partial charge in [-0.1, -0.05) is 12.1 Å². The van der Waals surface area contributed by atoms with Gasteiger partial charge in [0.15, 0.2) is 12.0 Å². The van der Waals surface area contributed by atoms with Crippen LogP contribution in [0, 0.1) is 17.3 Å². The molecule has 0 radical (unpaired) electrons. The van der Waals surface area contributed by atoms with Crippen LogP contribution >= 0.6 is 0 Å². The number of halogens is 1. The van der Waals surface area contributed by atoms with Crippen molar-refractivity contribution in [2.24, 2.45) is 0 Å². The van der Waals surface area contributed by atoms with Crippen LogP contribution in [0.1, 0.15) is 0 Å². The molecule has 0 saturated heterocycles. The van der Waals surface area contributed by atoms with Crippen molar-refractivity contribution in [2.45, 2.75) is 0 Å².